The molecule has 138 valence electrons. The van der Waals surface area contributed by atoms with Crippen molar-refractivity contribution < 1.29 is 9.53 Å². The van der Waals surface area contributed by atoms with E-state index in [2.05, 4.69) is 34.7 Å². The molecule has 1 fully saturated rings. The Hall–Kier alpha value is -2.56. The summed E-state index contributed by atoms with van der Waals surface area (Å²) >= 11 is 0. The number of benzene rings is 1. The van der Waals surface area contributed by atoms with Crippen LogP contribution in [-0.2, 0) is 11.3 Å². The molecule has 0 bridgehead atoms. The molecule has 0 saturated carbocycles. The fourth-order valence-corrected chi connectivity index (χ4v) is 3.46. The molecule has 0 spiro atoms. The number of aromatic nitrogens is 1. The van der Waals surface area contributed by atoms with Crippen LogP contribution in [0.3, 0.4) is 0 Å². The summed E-state index contributed by atoms with van der Waals surface area (Å²) in [4.78, 5) is 21.6. The van der Waals surface area contributed by atoms with E-state index in [1.807, 2.05) is 18.2 Å². The molecule has 1 aromatic heterocycles. The summed E-state index contributed by atoms with van der Waals surface area (Å²) in [6.07, 6.45) is 4.02. The van der Waals surface area contributed by atoms with Crippen molar-refractivity contribution in [1.29, 1.82) is 0 Å². The van der Waals surface area contributed by atoms with Gasteiger partial charge >= 0.3 is 5.97 Å². The van der Waals surface area contributed by atoms with Gasteiger partial charge in [-0.1, -0.05) is 18.2 Å². The molecule has 0 atom stereocenters. The quantitative estimate of drug-likeness (QED) is 0.707. The topological polar surface area (TPSA) is 45.7 Å². The number of rotatable bonds is 7. The monoisotopic (exact) mass is 353 g/mol. The summed E-state index contributed by atoms with van der Waals surface area (Å²) < 4.78 is 5.66. The van der Waals surface area contributed by atoms with Gasteiger partial charge in [0.15, 0.2) is 0 Å². The average Bonchev–Trinajstić information content (AvgIpc) is 3.22. The van der Waals surface area contributed by atoms with Crippen LogP contribution in [0.5, 0.6) is 0 Å². The summed E-state index contributed by atoms with van der Waals surface area (Å²) in [6, 6.07) is 11.7. The van der Waals surface area contributed by atoms with Crippen LogP contribution >= 0.6 is 0 Å². The maximum Gasteiger partial charge on any atom is 0.342 e. The van der Waals surface area contributed by atoms with Gasteiger partial charge in [0.1, 0.15) is 18.0 Å². The fourth-order valence-electron chi connectivity index (χ4n) is 3.46. The number of hydrogen-bond acceptors (Lipinski definition) is 5. The molecule has 1 aromatic carbocycles. The Morgan fingerprint density at radius 1 is 1.12 bits per heavy atom. The van der Waals surface area contributed by atoms with Gasteiger partial charge in [0.25, 0.3) is 0 Å². The molecule has 5 nitrogen and oxygen atoms in total. The molecular formula is C21H27N3O2. The highest BCUT2D eigenvalue weighted by molar-refractivity contribution is 5.94. The van der Waals surface area contributed by atoms with E-state index >= 15 is 0 Å². The molecule has 0 unspecified atom stereocenters. The molecule has 2 aromatic rings. The standard InChI is InChI=1S/C21H27N3O2/c1-3-23(4-2)19-12-6-5-10-17(19)16-26-21(25)18-11-9-13-22-20(18)24-14-7-8-15-24/h5-6,9-13H,3-4,7-8,14-16H2,1-2H3. The number of carbonyl (C=O) groups excluding carboxylic acids is 1. The van der Waals surface area contributed by atoms with Gasteiger partial charge in [0, 0.05) is 43.6 Å². The number of pyridine rings is 1. The minimum atomic E-state index is -0.311. The fraction of sp³-hybridized carbons (Fsp3) is 0.429. The van der Waals surface area contributed by atoms with Crippen molar-refractivity contribution in [3.8, 4) is 0 Å². The van der Waals surface area contributed by atoms with E-state index in [1.165, 1.54) is 0 Å². The zero-order valence-electron chi connectivity index (χ0n) is 15.6. The molecule has 0 amide bonds. The van der Waals surface area contributed by atoms with Crippen LogP contribution in [-0.4, -0.2) is 37.1 Å². The normalized spacial score (nSPS) is 13.7. The van der Waals surface area contributed by atoms with Crippen molar-refractivity contribution in [2.24, 2.45) is 0 Å². The number of carbonyl (C=O) groups is 1. The third-order valence-electron chi connectivity index (χ3n) is 4.87. The Bertz CT molecular complexity index is 738. The summed E-state index contributed by atoms with van der Waals surface area (Å²) in [5.74, 6) is 0.432. The van der Waals surface area contributed by atoms with Gasteiger partial charge in [-0.05, 0) is 44.9 Å². The molecule has 0 N–H and O–H groups in total. The van der Waals surface area contributed by atoms with E-state index in [1.54, 1.807) is 18.3 Å². The number of anilines is 2. The zero-order valence-corrected chi connectivity index (χ0v) is 15.6. The second kappa shape index (κ2) is 8.70. The number of ether oxygens (including phenoxy) is 1. The maximum atomic E-state index is 12.7. The first kappa shape index (κ1) is 18.2. The zero-order chi connectivity index (χ0) is 18.4. The van der Waals surface area contributed by atoms with Crippen molar-refractivity contribution in [3.05, 3.63) is 53.7 Å². The number of nitrogens with zero attached hydrogens (tertiary/aromatic N) is 3. The molecule has 26 heavy (non-hydrogen) atoms. The molecular weight excluding hydrogens is 326 g/mol. The van der Waals surface area contributed by atoms with E-state index in [4.69, 9.17) is 4.74 Å². The van der Waals surface area contributed by atoms with Crippen LogP contribution in [0.25, 0.3) is 0 Å². The molecule has 1 aliphatic rings. The van der Waals surface area contributed by atoms with Crippen LogP contribution in [0.4, 0.5) is 11.5 Å². The molecule has 0 aliphatic carbocycles. The van der Waals surface area contributed by atoms with E-state index in [0.717, 1.165) is 56.1 Å². The van der Waals surface area contributed by atoms with Crippen LogP contribution in [0.15, 0.2) is 42.6 Å². The van der Waals surface area contributed by atoms with E-state index in [-0.39, 0.29) is 12.6 Å². The lowest BCUT2D eigenvalue weighted by molar-refractivity contribution is 0.0473. The lowest BCUT2D eigenvalue weighted by Gasteiger charge is -2.24. The lowest BCUT2D eigenvalue weighted by Crippen LogP contribution is -2.24. The van der Waals surface area contributed by atoms with Crippen molar-refractivity contribution in [2.75, 3.05) is 36.0 Å². The van der Waals surface area contributed by atoms with Crippen LogP contribution in [0, 0.1) is 0 Å². The van der Waals surface area contributed by atoms with Crippen molar-refractivity contribution >= 4 is 17.5 Å². The Morgan fingerprint density at radius 2 is 1.85 bits per heavy atom. The highest BCUT2D eigenvalue weighted by Gasteiger charge is 2.21. The second-order valence-electron chi connectivity index (χ2n) is 6.45. The average molecular weight is 353 g/mol. The van der Waals surface area contributed by atoms with Crippen LogP contribution in [0.1, 0.15) is 42.6 Å². The van der Waals surface area contributed by atoms with Gasteiger partial charge in [-0.25, -0.2) is 9.78 Å². The minimum absolute atomic E-state index is 0.264. The van der Waals surface area contributed by atoms with E-state index in [0.29, 0.717) is 5.56 Å². The van der Waals surface area contributed by atoms with Crippen molar-refractivity contribution in [1.82, 2.24) is 4.98 Å². The number of esters is 1. The Kier molecular flexibility index (Phi) is 6.10. The molecule has 1 aliphatic heterocycles. The molecule has 1 saturated heterocycles. The highest BCUT2D eigenvalue weighted by atomic mass is 16.5. The van der Waals surface area contributed by atoms with Gasteiger partial charge in [0.05, 0.1) is 0 Å². The number of para-hydroxylation sites is 1. The highest BCUT2D eigenvalue weighted by Crippen LogP contribution is 2.24. The number of hydrogen-bond donors (Lipinski definition) is 0. The van der Waals surface area contributed by atoms with E-state index in [9.17, 15) is 4.79 Å². The first-order valence-corrected chi connectivity index (χ1v) is 9.44. The summed E-state index contributed by atoms with van der Waals surface area (Å²) in [6.45, 7) is 8.25. The largest absolute Gasteiger partial charge is 0.457 e. The first-order chi connectivity index (χ1) is 12.7. The third-order valence-corrected chi connectivity index (χ3v) is 4.87. The maximum absolute atomic E-state index is 12.7. The van der Waals surface area contributed by atoms with Crippen molar-refractivity contribution in [2.45, 2.75) is 33.3 Å². The SMILES string of the molecule is CCN(CC)c1ccccc1COC(=O)c1cccnc1N1CCCC1. The van der Waals surface area contributed by atoms with Gasteiger partial charge < -0.3 is 14.5 Å². The van der Waals surface area contributed by atoms with Crippen LogP contribution < -0.4 is 9.80 Å². The molecule has 2 heterocycles. The molecule has 3 rings (SSSR count). The first-order valence-electron chi connectivity index (χ1n) is 9.44. The Labute approximate surface area is 155 Å². The van der Waals surface area contributed by atoms with Gasteiger partial charge in [0.2, 0.25) is 0 Å². The molecule has 0 radical (unpaired) electrons. The summed E-state index contributed by atoms with van der Waals surface area (Å²) in [5.41, 5.74) is 2.70. The van der Waals surface area contributed by atoms with Crippen LogP contribution in [0.2, 0.25) is 0 Å². The lowest BCUT2D eigenvalue weighted by atomic mass is 10.1. The predicted molar refractivity (Wildman–Crippen MR) is 105 cm³/mol. The Morgan fingerprint density at radius 3 is 2.58 bits per heavy atom. The van der Waals surface area contributed by atoms with Gasteiger partial charge in [-0.3, -0.25) is 0 Å². The summed E-state index contributed by atoms with van der Waals surface area (Å²) in [5, 5.41) is 0. The van der Waals surface area contributed by atoms with Gasteiger partial charge in [-0.15, -0.1) is 0 Å². The minimum Gasteiger partial charge on any atom is -0.457 e. The smallest absolute Gasteiger partial charge is 0.342 e. The third kappa shape index (κ3) is 3.98. The van der Waals surface area contributed by atoms with Crippen molar-refractivity contribution in [3.63, 3.8) is 0 Å². The Balaban J connectivity index is 1.74. The predicted octanol–water partition coefficient (Wildman–Crippen LogP) is 3.89. The molecule has 5 heteroatoms. The van der Waals surface area contributed by atoms with E-state index < -0.39 is 0 Å². The second-order valence-corrected chi connectivity index (χ2v) is 6.45. The summed E-state index contributed by atoms with van der Waals surface area (Å²) in [7, 11) is 0. The van der Waals surface area contributed by atoms with Gasteiger partial charge in [-0.2, -0.15) is 0 Å².